The number of nitriles is 1. The van der Waals surface area contributed by atoms with Gasteiger partial charge in [-0.3, -0.25) is 0 Å². The molecule has 1 N–H and O–H groups in total. The standard InChI is InChI=1S/C13H15F3N2O/c1-9(5-6-19-2)18-11-3-4-12(13(14,15)16)10(7-11)8-17/h3-4,7,9,18H,5-6H2,1-2H3. The number of benzene rings is 1. The number of hydrogen-bond donors (Lipinski definition) is 1. The molecule has 1 aromatic carbocycles. The van der Waals surface area contributed by atoms with Gasteiger partial charge in [0.2, 0.25) is 0 Å². The van der Waals surface area contributed by atoms with E-state index < -0.39 is 11.7 Å². The van der Waals surface area contributed by atoms with Crippen LogP contribution in [0.2, 0.25) is 0 Å². The van der Waals surface area contributed by atoms with Crippen molar-refractivity contribution >= 4 is 5.69 Å². The quantitative estimate of drug-likeness (QED) is 0.893. The number of nitrogens with zero attached hydrogens (tertiary/aromatic N) is 1. The van der Waals surface area contributed by atoms with Crippen LogP contribution in [0.25, 0.3) is 0 Å². The number of nitrogens with one attached hydrogen (secondary N) is 1. The van der Waals surface area contributed by atoms with E-state index in [1.807, 2.05) is 6.92 Å². The van der Waals surface area contributed by atoms with Crippen LogP contribution in [0.1, 0.15) is 24.5 Å². The summed E-state index contributed by atoms with van der Waals surface area (Å²) in [6.07, 6.45) is -3.79. The first-order valence-electron chi connectivity index (χ1n) is 5.75. The number of methoxy groups -OCH3 is 1. The number of ether oxygens (including phenoxy) is 1. The fourth-order valence-corrected chi connectivity index (χ4v) is 1.63. The Labute approximate surface area is 110 Å². The smallest absolute Gasteiger partial charge is 0.385 e. The summed E-state index contributed by atoms with van der Waals surface area (Å²) in [5.74, 6) is 0. The first-order chi connectivity index (χ1) is 8.88. The maximum absolute atomic E-state index is 12.6. The van der Waals surface area contributed by atoms with Crippen molar-refractivity contribution < 1.29 is 17.9 Å². The maximum atomic E-state index is 12.6. The van der Waals surface area contributed by atoms with Gasteiger partial charge in [0.25, 0.3) is 0 Å². The lowest BCUT2D eigenvalue weighted by Crippen LogP contribution is -2.17. The van der Waals surface area contributed by atoms with Crippen molar-refractivity contribution in [3.63, 3.8) is 0 Å². The Morgan fingerprint density at radius 2 is 2.11 bits per heavy atom. The van der Waals surface area contributed by atoms with Gasteiger partial charge < -0.3 is 10.1 Å². The molecule has 1 rings (SSSR count). The van der Waals surface area contributed by atoms with E-state index in [0.29, 0.717) is 12.3 Å². The molecule has 1 aromatic rings. The van der Waals surface area contributed by atoms with Crippen LogP contribution in [-0.2, 0) is 10.9 Å². The maximum Gasteiger partial charge on any atom is 0.417 e. The normalized spacial score (nSPS) is 12.8. The molecular formula is C13H15F3N2O. The third kappa shape index (κ3) is 4.45. The molecule has 19 heavy (non-hydrogen) atoms. The van der Waals surface area contributed by atoms with E-state index in [0.717, 1.165) is 12.5 Å². The SMILES string of the molecule is COCCC(C)Nc1ccc(C(F)(F)F)c(C#N)c1. The van der Waals surface area contributed by atoms with Crippen molar-refractivity contribution in [2.24, 2.45) is 0 Å². The van der Waals surface area contributed by atoms with Gasteiger partial charge in [-0.1, -0.05) is 0 Å². The van der Waals surface area contributed by atoms with Crippen LogP contribution in [0.4, 0.5) is 18.9 Å². The van der Waals surface area contributed by atoms with E-state index in [2.05, 4.69) is 5.32 Å². The van der Waals surface area contributed by atoms with Crippen molar-refractivity contribution in [3.8, 4) is 6.07 Å². The number of anilines is 1. The molecule has 6 heteroatoms. The molecule has 0 saturated carbocycles. The highest BCUT2D eigenvalue weighted by atomic mass is 19.4. The number of rotatable bonds is 5. The molecule has 1 atom stereocenters. The summed E-state index contributed by atoms with van der Waals surface area (Å²) in [5, 5.41) is 11.8. The average molecular weight is 272 g/mol. The van der Waals surface area contributed by atoms with Crippen LogP contribution in [0.5, 0.6) is 0 Å². The van der Waals surface area contributed by atoms with Gasteiger partial charge in [0.15, 0.2) is 0 Å². The third-order valence-corrected chi connectivity index (χ3v) is 2.61. The molecule has 0 saturated heterocycles. The fraction of sp³-hybridized carbons (Fsp3) is 0.462. The summed E-state index contributed by atoms with van der Waals surface area (Å²) in [6, 6.07) is 5.08. The van der Waals surface area contributed by atoms with Crippen LogP contribution in [0.3, 0.4) is 0 Å². The van der Waals surface area contributed by atoms with E-state index >= 15 is 0 Å². The van der Waals surface area contributed by atoms with Crippen molar-refractivity contribution in [2.45, 2.75) is 25.6 Å². The lowest BCUT2D eigenvalue weighted by molar-refractivity contribution is -0.137. The van der Waals surface area contributed by atoms with Gasteiger partial charge in [0, 0.05) is 25.4 Å². The van der Waals surface area contributed by atoms with E-state index in [1.54, 1.807) is 13.2 Å². The lowest BCUT2D eigenvalue weighted by Gasteiger charge is -2.16. The Kier molecular flexibility index (Phi) is 5.19. The summed E-state index contributed by atoms with van der Waals surface area (Å²) in [5.41, 5.74) is -0.797. The molecule has 1 unspecified atom stereocenters. The van der Waals surface area contributed by atoms with Gasteiger partial charge >= 0.3 is 6.18 Å². The molecule has 0 radical (unpaired) electrons. The van der Waals surface area contributed by atoms with Crippen LogP contribution in [-0.4, -0.2) is 19.8 Å². The van der Waals surface area contributed by atoms with Gasteiger partial charge in [-0.2, -0.15) is 18.4 Å². The topological polar surface area (TPSA) is 45.0 Å². The third-order valence-electron chi connectivity index (χ3n) is 2.61. The molecule has 3 nitrogen and oxygen atoms in total. The molecule has 0 heterocycles. The Balaban J connectivity index is 2.87. The summed E-state index contributed by atoms with van der Waals surface area (Å²) in [7, 11) is 1.58. The van der Waals surface area contributed by atoms with E-state index in [1.165, 1.54) is 12.1 Å². The first-order valence-corrected chi connectivity index (χ1v) is 5.75. The zero-order valence-corrected chi connectivity index (χ0v) is 10.7. The fourth-order valence-electron chi connectivity index (χ4n) is 1.63. The number of alkyl halides is 3. The summed E-state index contributed by atoms with van der Waals surface area (Å²) in [4.78, 5) is 0. The highest BCUT2D eigenvalue weighted by Crippen LogP contribution is 2.33. The lowest BCUT2D eigenvalue weighted by atomic mass is 10.1. The van der Waals surface area contributed by atoms with Crippen LogP contribution in [0.15, 0.2) is 18.2 Å². The van der Waals surface area contributed by atoms with Crippen molar-refractivity contribution in [1.82, 2.24) is 0 Å². The van der Waals surface area contributed by atoms with Crippen LogP contribution >= 0.6 is 0 Å². The minimum atomic E-state index is -4.51. The minimum Gasteiger partial charge on any atom is -0.385 e. The second kappa shape index (κ2) is 6.43. The number of halogens is 3. The predicted molar refractivity (Wildman–Crippen MR) is 65.7 cm³/mol. The molecule has 0 amide bonds. The van der Waals surface area contributed by atoms with E-state index in [9.17, 15) is 13.2 Å². The van der Waals surface area contributed by atoms with Crippen molar-refractivity contribution in [1.29, 1.82) is 5.26 Å². The van der Waals surface area contributed by atoms with Gasteiger partial charge in [-0.05, 0) is 31.5 Å². The van der Waals surface area contributed by atoms with Crippen molar-refractivity contribution in [2.75, 3.05) is 19.0 Å². The van der Waals surface area contributed by atoms with E-state index in [-0.39, 0.29) is 11.6 Å². The molecule has 0 aliphatic carbocycles. The Bertz CT molecular complexity index is 466. The highest BCUT2D eigenvalue weighted by Gasteiger charge is 2.33. The van der Waals surface area contributed by atoms with Gasteiger partial charge in [-0.15, -0.1) is 0 Å². The molecule has 0 spiro atoms. The molecule has 0 aliphatic heterocycles. The minimum absolute atomic E-state index is 0.0447. The molecule has 104 valence electrons. The van der Waals surface area contributed by atoms with Gasteiger partial charge in [0.05, 0.1) is 17.2 Å². The first kappa shape index (κ1) is 15.3. The highest BCUT2D eigenvalue weighted by molar-refractivity contribution is 5.54. The molecule has 0 bridgehead atoms. The van der Waals surface area contributed by atoms with Gasteiger partial charge in [-0.25, -0.2) is 0 Å². The van der Waals surface area contributed by atoms with Crippen LogP contribution < -0.4 is 5.32 Å². The average Bonchev–Trinajstić information content (AvgIpc) is 2.34. The summed E-state index contributed by atoms with van der Waals surface area (Å²) >= 11 is 0. The largest absolute Gasteiger partial charge is 0.417 e. The zero-order chi connectivity index (χ0) is 14.5. The molecule has 0 aromatic heterocycles. The summed E-state index contributed by atoms with van der Waals surface area (Å²) < 4.78 is 42.7. The summed E-state index contributed by atoms with van der Waals surface area (Å²) in [6.45, 7) is 2.45. The van der Waals surface area contributed by atoms with Crippen molar-refractivity contribution in [3.05, 3.63) is 29.3 Å². The second-order valence-corrected chi connectivity index (χ2v) is 4.20. The Hall–Kier alpha value is -1.74. The molecule has 0 aliphatic rings. The Morgan fingerprint density at radius 3 is 2.63 bits per heavy atom. The predicted octanol–water partition coefficient (Wildman–Crippen LogP) is 3.41. The second-order valence-electron chi connectivity index (χ2n) is 4.20. The van der Waals surface area contributed by atoms with E-state index in [4.69, 9.17) is 10.00 Å². The molecule has 0 fully saturated rings. The van der Waals surface area contributed by atoms with Gasteiger partial charge in [0.1, 0.15) is 0 Å². The zero-order valence-electron chi connectivity index (χ0n) is 10.7. The van der Waals surface area contributed by atoms with Crippen LogP contribution in [0, 0.1) is 11.3 Å². The number of hydrogen-bond acceptors (Lipinski definition) is 3. The monoisotopic (exact) mass is 272 g/mol. The Morgan fingerprint density at radius 1 is 1.42 bits per heavy atom. The molecular weight excluding hydrogens is 257 g/mol.